The first-order chi connectivity index (χ1) is 8.43. The second kappa shape index (κ2) is 5.86. The van der Waals surface area contributed by atoms with Gasteiger partial charge in [0.1, 0.15) is 5.82 Å². The molecule has 0 radical (unpaired) electrons. The van der Waals surface area contributed by atoms with Gasteiger partial charge in [-0.05, 0) is 27.5 Å². The number of esters is 1. The third-order valence-electron chi connectivity index (χ3n) is 2.03. The predicted octanol–water partition coefficient (Wildman–Crippen LogP) is 4.37. The van der Waals surface area contributed by atoms with Crippen LogP contribution in [0.1, 0.15) is 5.56 Å². The molecule has 8 heteroatoms. The Kier molecular flexibility index (Phi) is 4.72. The van der Waals surface area contributed by atoms with E-state index in [4.69, 9.17) is 17.1 Å². The van der Waals surface area contributed by atoms with E-state index in [1.165, 1.54) is 0 Å². The molecule has 0 aliphatic carbocycles. The molecule has 94 valence electrons. The molecule has 0 saturated heterocycles. The molecule has 0 atom stereocenters. The molecule has 18 heavy (non-hydrogen) atoms. The van der Waals surface area contributed by atoms with Crippen molar-refractivity contribution in [3.63, 3.8) is 0 Å². The molecule has 0 aliphatic rings. The molecular weight excluding hydrogens is 328 g/mol. The molecule has 0 aromatic heterocycles. The van der Waals surface area contributed by atoms with Crippen molar-refractivity contribution in [2.75, 3.05) is 7.11 Å². The highest BCUT2D eigenvalue weighted by Crippen LogP contribution is 2.40. The largest absolute Gasteiger partial charge is 0.465 e. The van der Waals surface area contributed by atoms with Gasteiger partial charge in [0.15, 0.2) is 0 Å². The van der Waals surface area contributed by atoms with Crippen LogP contribution in [0.15, 0.2) is 22.2 Å². The summed E-state index contributed by atoms with van der Waals surface area (Å²) in [5.74, 6) is -1.49. The Hall–Kier alpha value is -1.56. The lowest BCUT2D eigenvalue weighted by Crippen LogP contribution is -2.03. The lowest BCUT2D eigenvalue weighted by molar-refractivity contribution is -0.133. The molecule has 1 rings (SSSR count). The standard InChI is InChI=1S/C10H6BrClFN3O2/c1-4(10(17)18-2)5-3-6(13)7(11)9(8(5)12)15-16-14/h3H,1H2,2H3. The van der Waals surface area contributed by atoms with Crippen molar-refractivity contribution < 1.29 is 13.9 Å². The van der Waals surface area contributed by atoms with Gasteiger partial charge in [0.05, 0.1) is 27.9 Å². The minimum absolute atomic E-state index is 0.00613. The maximum Gasteiger partial charge on any atom is 0.337 e. The molecule has 1 aromatic rings. The number of hydrogen-bond donors (Lipinski definition) is 0. The molecule has 1 aromatic carbocycles. The van der Waals surface area contributed by atoms with E-state index < -0.39 is 11.8 Å². The number of benzene rings is 1. The Bertz CT molecular complexity index is 585. The fourth-order valence-electron chi connectivity index (χ4n) is 1.18. The monoisotopic (exact) mass is 333 g/mol. The summed E-state index contributed by atoms with van der Waals surface area (Å²) in [4.78, 5) is 13.8. The Morgan fingerprint density at radius 3 is 2.83 bits per heavy atom. The first-order valence-corrected chi connectivity index (χ1v) is 5.61. The topological polar surface area (TPSA) is 75.1 Å². The van der Waals surface area contributed by atoms with Gasteiger partial charge < -0.3 is 4.74 Å². The lowest BCUT2D eigenvalue weighted by atomic mass is 10.1. The molecule has 0 heterocycles. The number of carbonyl (C=O) groups is 1. The Balaban J connectivity index is 3.53. The molecule has 5 nitrogen and oxygen atoms in total. The maximum atomic E-state index is 13.6. The maximum absolute atomic E-state index is 13.6. The highest BCUT2D eigenvalue weighted by Gasteiger charge is 2.20. The van der Waals surface area contributed by atoms with E-state index in [1.54, 1.807) is 0 Å². The van der Waals surface area contributed by atoms with Gasteiger partial charge in [0.25, 0.3) is 0 Å². The second-order valence-corrected chi connectivity index (χ2v) is 4.21. The van der Waals surface area contributed by atoms with E-state index in [-0.39, 0.29) is 26.3 Å². The third kappa shape index (κ3) is 2.64. The highest BCUT2D eigenvalue weighted by atomic mass is 79.9. The predicted molar refractivity (Wildman–Crippen MR) is 69.0 cm³/mol. The number of carbonyl (C=O) groups excluding carboxylic acids is 1. The number of ether oxygens (including phenoxy) is 1. The van der Waals surface area contributed by atoms with Gasteiger partial charge in [-0.15, -0.1) is 0 Å². The molecule has 0 amide bonds. The Morgan fingerprint density at radius 1 is 1.72 bits per heavy atom. The van der Waals surface area contributed by atoms with Crippen molar-refractivity contribution >= 4 is 44.8 Å². The summed E-state index contributed by atoms with van der Waals surface area (Å²) in [5, 5.41) is 3.18. The zero-order valence-corrected chi connectivity index (χ0v) is 11.4. The van der Waals surface area contributed by atoms with Crippen molar-refractivity contribution in [1.82, 2.24) is 0 Å². The van der Waals surface area contributed by atoms with Crippen molar-refractivity contribution in [1.29, 1.82) is 0 Å². The number of azide groups is 1. The van der Waals surface area contributed by atoms with E-state index in [0.29, 0.717) is 0 Å². The summed E-state index contributed by atoms with van der Waals surface area (Å²) in [6, 6.07) is 1.00. The number of methoxy groups -OCH3 is 1. The molecular formula is C10H6BrClFN3O2. The molecule has 0 unspecified atom stereocenters. The van der Waals surface area contributed by atoms with Crippen LogP contribution in [0.4, 0.5) is 10.1 Å². The van der Waals surface area contributed by atoms with Crippen molar-refractivity contribution in [2.45, 2.75) is 0 Å². The number of hydrogen-bond acceptors (Lipinski definition) is 3. The van der Waals surface area contributed by atoms with Gasteiger partial charge in [0, 0.05) is 10.5 Å². The van der Waals surface area contributed by atoms with Gasteiger partial charge in [-0.2, -0.15) is 0 Å². The van der Waals surface area contributed by atoms with Crippen LogP contribution in [0.5, 0.6) is 0 Å². The normalized spacial score (nSPS) is 9.56. The minimum Gasteiger partial charge on any atom is -0.465 e. The molecule has 0 N–H and O–H groups in total. The van der Waals surface area contributed by atoms with Crippen LogP contribution >= 0.6 is 27.5 Å². The Morgan fingerprint density at radius 2 is 2.33 bits per heavy atom. The Labute approximate surface area is 115 Å². The molecule has 0 bridgehead atoms. The van der Waals surface area contributed by atoms with Crippen LogP contribution in [0, 0.1) is 5.82 Å². The number of rotatable bonds is 3. The van der Waals surface area contributed by atoms with Crippen molar-refractivity contribution in [3.8, 4) is 0 Å². The SMILES string of the molecule is C=C(C(=O)OC)c1cc(F)c(Br)c(N=[N+]=[N-])c1Cl. The van der Waals surface area contributed by atoms with E-state index in [0.717, 1.165) is 13.2 Å². The first kappa shape index (κ1) is 14.5. The van der Waals surface area contributed by atoms with Crippen LogP contribution in [-0.2, 0) is 9.53 Å². The fraction of sp³-hybridized carbons (Fsp3) is 0.100. The second-order valence-electron chi connectivity index (χ2n) is 3.04. The zero-order valence-electron chi connectivity index (χ0n) is 9.08. The summed E-state index contributed by atoms with van der Waals surface area (Å²) >= 11 is 8.83. The number of halogens is 3. The van der Waals surface area contributed by atoms with Gasteiger partial charge in [-0.1, -0.05) is 23.3 Å². The summed E-state index contributed by atoms with van der Waals surface area (Å²) in [7, 11) is 1.16. The quantitative estimate of drug-likeness (QED) is 0.205. The van der Waals surface area contributed by atoms with Crippen LogP contribution in [-0.4, -0.2) is 13.1 Å². The highest BCUT2D eigenvalue weighted by molar-refractivity contribution is 9.10. The average molecular weight is 335 g/mol. The summed E-state index contributed by atoms with van der Waals surface area (Å²) in [6.07, 6.45) is 0. The average Bonchev–Trinajstić information content (AvgIpc) is 2.37. The minimum atomic E-state index is -0.759. The van der Waals surface area contributed by atoms with Crippen LogP contribution in [0.25, 0.3) is 16.0 Å². The van der Waals surface area contributed by atoms with Crippen LogP contribution < -0.4 is 0 Å². The molecule has 0 saturated carbocycles. The third-order valence-corrected chi connectivity index (χ3v) is 3.17. The van der Waals surface area contributed by atoms with Gasteiger partial charge >= 0.3 is 5.97 Å². The van der Waals surface area contributed by atoms with Gasteiger partial charge in [-0.3, -0.25) is 0 Å². The van der Waals surface area contributed by atoms with Gasteiger partial charge in [-0.25, -0.2) is 9.18 Å². The van der Waals surface area contributed by atoms with Crippen molar-refractivity contribution in [2.24, 2.45) is 5.11 Å². The molecule has 0 aliphatic heterocycles. The molecule has 0 spiro atoms. The molecule has 0 fully saturated rings. The lowest BCUT2D eigenvalue weighted by Gasteiger charge is -2.10. The van der Waals surface area contributed by atoms with Gasteiger partial charge in [0.2, 0.25) is 0 Å². The summed E-state index contributed by atoms with van der Waals surface area (Å²) < 4.78 is 18.0. The smallest absolute Gasteiger partial charge is 0.337 e. The van der Waals surface area contributed by atoms with E-state index in [1.807, 2.05) is 0 Å². The van der Waals surface area contributed by atoms with E-state index >= 15 is 0 Å². The zero-order chi connectivity index (χ0) is 13.9. The van der Waals surface area contributed by atoms with Crippen LogP contribution in [0.3, 0.4) is 0 Å². The summed E-state index contributed by atoms with van der Waals surface area (Å²) in [6.45, 7) is 3.45. The summed E-state index contributed by atoms with van der Waals surface area (Å²) in [5.41, 5.74) is 8.10. The van der Waals surface area contributed by atoms with Crippen molar-refractivity contribution in [3.05, 3.63) is 44.0 Å². The number of nitrogens with zero attached hydrogens (tertiary/aromatic N) is 3. The van der Waals surface area contributed by atoms with Crippen LogP contribution in [0.2, 0.25) is 5.02 Å². The fourth-order valence-corrected chi connectivity index (χ4v) is 1.98. The van der Waals surface area contributed by atoms with E-state index in [9.17, 15) is 9.18 Å². The first-order valence-electron chi connectivity index (χ1n) is 4.44. The van der Waals surface area contributed by atoms with E-state index in [2.05, 4.69) is 37.3 Å².